The van der Waals surface area contributed by atoms with Crippen molar-refractivity contribution < 1.29 is 14.3 Å². The van der Waals surface area contributed by atoms with Gasteiger partial charge >= 0.3 is 6.09 Å². The van der Waals surface area contributed by atoms with Gasteiger partial charge in [0, 0.05) is 25.5 Å². The number of fused-ring (bicyclic) bond motifs is 1. The second-order valence-corrected chi connectivity index (χ2v) is 7.60. The van der Waals surface area contributed by atoms with Gasteiger partial charge in [0.05, 0.1) is 29.3 Å². The highest BCUT2D eigenvalue weighted by Crippen LogP contribution is 2.26. The fraction of sp³-hybridized carbons (Fsp3) is 0.579. The number of hydrogen-bond acceptors (Lipinski definition) is 4. The first kappa shape index (κ1) is 18.5. The van der Waals surface area contributed by atoms with Gasteiger partial charge in [0.2, 0.25) is 0 Å². The molecule has 1 N–H and O–H groups in total. The lowest BCUT2D eigenvalue weighted by atomic mass is 10.2. The Bertz CT molecular complexity index is 856. The van der Waals surface area contributed by atoms with Crippen LogP contribution in [0, 0.1) is 0 Å². The molecule has 0 saturated heterocycles. The highest BCUT2D eigenvalue weighted by atomic mass is 16.6. The van der Waals surface area contributed by atoms with Crippen molar-refractivity contribution in [2.75, 3.05) is 11.9 Å². The fourth-order valence-electron chi connectivity index (χ4n) is 2.84. The quantitative estimate of drug-likeness (QED) is 0.856. The first-order chi connectivity index (χ1) is 12.3. The molecule has 0 spiro atoms. The molecular formula is C19H27N3O4. The molecule has 142 valence electrons. The van der Waals surface area contributed by atoms with Gasteiger partial charge in [-0.05, 0) is 46.6 Å². The normalized spacial score (nSPS) is 14.6. The van der Waals surface area contributed by atoms with Crippen LogP contribution in [0.25, 0.3) is 10.9 Å². The Morgan fingerprint density at radius 1 is 1.31 bits per heavy atom. The SMILES string of the molecule is CCn1ccc2c(c(NC(=O)OC(C)(C)C)cn2CCOC2CC2)c1=O. The number of rotatable bonds is 6. The number of anilines is 1. The van der Waals surface area contributed by atoms with Gasteiger partial charge in [-0.1, -0.05) is 0 Å². The monoisotopic (exact) mass is 361 g/mol. The summed E-state index contributed by atoms with van der Waals surface area (Å²) in [5.74, 6) is 0. The van der Waals surface area contributed by atoms with Gasteiger partial charge in [-0.15, -0.1) is 0 Å². The minimum absolute atomic E-state index is 0.127. The summed E-state index contributed by atoms with van der Waals surface area (Å²) >= 11 is 0. The Balaban J connectivity index is 1.91. The maximum atomic E-state index is 12.8. The van der Waals surface area contributed by atoms with Crippen LogP contribution in [0.2, 0.25) is 0 Å². The maximum Gasteiger partial charge on any atom is 0.412 e. The van der Waals surface area contributed by atoms with Gasteiger partial charge in [-0.3, -0.25) is 10.1 Å². The Labute approximate surface area is 152 Å². The van der Waals surface area contributed by atoms with Gasteiger partial charge in [0.15, 0.2) is 0 Å². The minimum atomic E-state index is -0.607. The Morgan fingerprint density at radius 2 is 2.04 bits per heavy atom. The van der Waals surface area contributed by atoms with E-state index >= 15 is 0 Å². The van der Waals surface area contributed by atoms with Gasteiger partial charge < -0.3 is 18.6 Å². The Kier molecular flexibility index (Phi) is 5.09. The third kappa shape index (κ3) is 4.27. The zero-order valence-electron chi connectivity index (χ0n) is 15.9. The molecule has 1 saturated carbocycles. The van der Waals surface area contributed by atoms with E-state index in [0.717, 1.165) is 18.4 Å². The molecule has 1 aliphatic carbocycles. The maximum absolute atomic E-state index is 12.8. The summed E-state index contributed by atoms with van der Waals surface area (Å²) in [6, 6.07) is 1.90. The molecule has 0 radical (unpaired) electrons. The number of nitrogens with zero attached hydrogens (tertiary/aromatic N) is 2. The van der Waals surface area contributed by atoms with E-state index in [9.17, 15) is 9.59 Å². The number of nitrogens with one attached hydrogen (secondary N) is 1. The third-order valence-corrected chi connectivity index (χ3v) is 4.19. The molecule has 0 atom stereocenters. The van der Waals surface area contributed by atoms with Crippen molar-refractivity contribution >= 4 is 22.7 Å². The first-order valence-electron chi connectivity index (χ1n) is 9.12. The number of hydrogen-bond donors (Lipinski definition) is 1. The van der Waals surface area contributed by atoms with E-state index in [1.165, 1.54) is 0 Å². The van der Waals surface area contributed by atoms with Crippen LogP contribution in [-0.4, -0.2) is 33.5 Å². The summed E-state index contributed by atoms with van der Waals surface area (Å²) in [5, 5.41) is 3.22. The molecule has 2 aromatic rings. The van der Waals surface area contributed by atoms with Crippen LogP contribution in [0.5, 0.6) is 0 Å². The zero-order chi connectivity index (χ0) is 18.9. The van der Waals surface area contributed by atoms with Crippen LogP contribution in [0.3, 0.4) is 0 Å². The standard InChI is InChI=1S/C19H27N3O4/c1-5-21-9-8-15-16(17(21)23)14(20-18(24)26-19(2,3)4)12-22(15)10-11-25-13-6-7-13/h8-9,12-13H,5-7,10-11H2,1-4H3,(H,20,24). The summed E-state index contributed by atoms with van der Waals surface area (Å²) in [6.45, 7) is 9.08. The molecular weight excluding hydrogens is 334 g/mol. The number of carbonyl (C=O) groups is 1. The van der Waals surface area contributed by atoms with Crippen molar-refractivity contribution in [2.45, 2.75) is 65.3 Å². The van der Waals surface area contributed by atoms with Crippen molar-refractivity contribution in [3.63, 3.8) is 0 Å². The number of carbonyl (C=O) groups excluding carboxylic acids is 1. The molecule has 7 heteroatoms. The summed E-state index contributed by atoms with van der Waals surface area (Å²) in [5.41, 5.74) is 0.515. The molecule has 0 unspecified atom stereocenters. The second-order valence-electron chi connectivity index (χ2n) is 7.60. The number of ether oxygens (including phenoxy) is 2. The van der Waals surface area contributed by atoms with Crippen molar-refractivity contribution in [1.29, 1.82) is 0 Å². The summed E-state index contributed by atoms with van der Waals surface area (Å²) in [4.78, 5) is 25.0. The van der Waals surface area contributed by atoms with Crippen LogP contribution in [0.15, 0.2) is 23.3 Å². The largest absolute Gasteiger partial charge is 0.444 e. The summed E-state index contributed by atoms with van der Waals surface area (Å²) in [7, 11) is 0. The Morgan fingerprint density at radius 3 is 2.65 bits per heavy atom. The van der Waals surface area contributed by atoms with Crippen LogP contribution < -0.4 is 10.9 Å². The lowest BCUT2D eigenvalue weighted by molar-refractivity contribution is 0.0636. The van der Waals surface area contributed by atoms with Gasteiger partial charge in [0.25, 0.3) is 5.56 Å². The lowest BCUT2D eigenvalue weighted by Crippen LogP contribution is -2.27. The van der Waals surface area contributed by atoms with E-state index in [2.05, 4.69) is 5.32 Å². The number of pyridine rings is 1. The zero-order valence-corrected chi connectivity index (χ0v) is 15.9. The second kappa shape index (κ2) is 7.15. The number of aryl methyl sites for hydroxylation is 1. The third-order valence-electron chi connectivity index (χ3n) is 4.19. The molecule has 3 rings (SSSR count). The van der Waals surface area contributed by atoms with Gasteiger partial charge in [-0.25, -0.2) is 4.79 Å². The number of aromatic nitrogens is 2. The average molecular weight is 361 g/mol. The number of amides is 1. The average Bonchev–Trinajstić information content (AvgIpc) is 3.29. The van der Waals surface area contributed by atoms with E-state index in [4.69, 9.17) is 9.47 Å². The van der Waals surface area contributed by atoms with Crippen LogP contribution >= 0.6 is 0 Å². The topological polar surface area (TPSA) is 74.5 Å². The first-order valence-corrected chi connectivity index (χ1v) is 9.12. The predicted molar refractivity (Wildman–Crippen MR) is 101 cm³/mol. The van der Waals surface area contributed by atoms with Crippen molar-refractivity contribution in [1.82, 2.24) is 9.13 Å². The predicted octanol–water partition coefficient (Wildman–Crippen LogP) is 3.35. The fourth-order valence-corrected chi connectivity index (χ4v) is 2.84. The van der Waals surface area contributed by atoms with Crippen molar-refractivity contribution in [3.8, 4) is 0 Å². The van der Waals surface area contributed by atoms with Crippen molar-refractivity contribution in [3.05, 3.63) is 28.8 Å². The molecule has 1 amide bonds. The molecule has 2 aromatic heterocycles. The van der Waals surface area contributed by atoms with E-state index in [1.54, 1.807) is 37.7 Å². The molecule has 7 nitrogen and oxygen atoms in total. The van der Waals surface area contributed by atoms with Gasteiger partial charge in [-0.2, -0.15) is 0 Å². The molecule has 0 aromatic carbocycles. The highest BCUT2D eigenvalue weighted by molar-refractivity contribution is 5.99. The minimum Gasteiger partial charge on any atom is -0.444 e. The Hall–Kier alpha value is -2.28. The molecule has 0 aliphatic heterocycles. The van der Waals surface area contributed by atoms with Crippen LogP contribution in [0.4, 0.5) is 10.5 Å². The van der Waals surface area contributed by atoms with Crippen molar-refractivity contribution in [2.24, 2.45) is 0 Å². The van der Waals surface area contributed by atoms with E-state index in [-0.39, 0.29) is 5.56 Å². The molecule has 2 heterocycles. The molecule has 1 aliphatic rings. The van der Waals surface area contributed by atoms with E-state index in [1.807, 2.05) is 17.6 Å². The highest BCUT2D eigenvalue weighted by Gasteiger charge is 2.23. The van der Waals surface area contributed by atoms with E-state index < -0.39 is 11.7 Å². The molecule has 26 heavy (non-hydrogen) atoms. The summed E-state index contributed by atoms with van der Waals surface area (Å²) in [6.07, 6.45) is 5.62. The summed E-state index contributed by atoms with van der Waals surface area (Å²) < 4.78 is 14.6. The molecule has 0 bridgehead atoms. The lowest BCUT2D eigenvalue weighted by Gasteiger charge is -2.19. The van der Waals surface area contributed by atoms with Gasteiger partial charge in [0.1, 0.15) is 5.60 Å². The van der Waals surface area contributed by atoms with Crippen LogP contribution in [0.1, 0.15) is 40.5 Å². The van der Waals surface area contributed by atoms with E-state index in [0.29, 0.717) is 36.9 Å². The van der Waals surface area contributed by atoms with Crippen LogP contribution in [-0.2, 0) is 22.6 Å². The smallest absolute Gasteiger partial charge is 0.412 e. The molecule has 1 fully saturated rings.